The van der Waals surface area contributed by atoms with E-state index in [1.165, 1.54) is 0 Å². The Kier molecular flexibility index (Phi) is 3.61. The first-order valence-electron chi connectivity index (χ1n) is 6.88. The average molecular weight is 281 g/mol. The second-order valence-electron chi connectivity index (χ2n) is 5.08. The maximum atomic E-state index is 11.7. The number of amides is 1. The highest BCUT2D eigenvalue weighted by Crippen LogP contribution is 2.30. The first kappa shape index (κ1) is 13.3. The molecular weight excluding hydrogens is 266 g/mol. The second kappa shape index (κ2) is 5.71. The zero-order chi connectivity index (χ0) is 14.7. The van der Waals surface area contributed by atoms with Crippen LogP contribution in [0.2, 0.25) is 0 Å². The van der Waals surface area contributed by atoms with E-state index >= 15 is 0 Å². The van der Waals surface area contributed by atoms with Crippen molar-refractivity contribution in [3.8, 4) is 6.07 Å². The van der Waals surface area contributed by atoms with Crippen LogP contribution in [0.5, 0.6) is 0 Å². The molecule has 1 aromatic carbocycles. The molecule has 1 heterocycles. The van der Waals surface area contributed by atoms with Crippen molar-refractivity contribution in [1.82, 2.24) is 0 Å². The Labute approximate surface area is 122 Å². The minimum Gasteiger partial charge on any atom is -0.449 e. The smallest absolute Gasteiger partial charge is 0.227 e. The van der Waals surface area contributed by atoms with Crippen molar-refractivity contribution < 1.29 is 9.21 Å². The summed E-state index contributed by atoms with van der Waals surface area (Å²) in [5, 5.41) is 14.8. The SMILES string of the molecule is N#Cc1ccc(CNc2cccc(NC(=O)C3CC3)c2)o1. The largest absolute Gasteiger partial charge is 0.449 e. The third-order valence-electron chi connectivity index (χ3n) is 3.32. The van der Waals surface area contributed by atoms with Gasteiger partial charge in [0.15, 0.2) is 0 Å². The molecule has 1 aliphatic rings. The van der Waals surface area contributed by atoms with E-state index in [2.05, 4.69) is 10.6 Å². The van der Waals surface area contributed by atoms with E-state index in [0.717, 1.165) is 24.2 Å². The highest BCUT2D eigenvalue weighted by Gasteiger charge is 2.29. The molecule has 0 aliphatic heterocycles. The highest BCUT2D eigenvalue weighted by molar-refractivity contribution is 5.94. The number of hydrogen-bond acceptors (Lipinski definition) is 4. The Hall–Kier alpha value is -2.74. The molecule has 0 unspecified atom stereocenters. The van der Waals surface area contributed by atoms with Gasteiger partial charge >= 0.3 is 0 Å². The number of benzene rings is 1. The fraction of sp³-hybridized carbons (Fsp3) is 0.250. The number of nitrogens with one attached hydrogen (secondary N) is 2. The van der Waals surface area contributed by atoms with Crippen LogP contribution < -0.4 is 10.6 Å². The van der Waals surface area contributed by atoms with E-state index in [4.69, 9.17) is 9.68 Å². The van der Waals surface area contributed by atoms with Crippen LogP contribution in [0.1, 0.15) is 24.4 Å². The Bertz CT molecular complexity index is 696. The Morgan fingerprint density at radius 2 is 2.10 bits per heavy atom. The van der Waals surface area contributed by atoms with Gasteiger partial charge in [0.25, 0.3) is 0 Å². The van der Waals surface area contributed by atoms with E-state index in [9.17, 15) is 4.79 Å². The van der Waals surface area contributed by atoms with Crippen LogP contribution in [-0.4, -0.2) is 5.91 Å². The zero-order valence-corrected chi connectivity index (χ0v) is 11.4. The summed E-state index contributed by atoms with van der Waals surface area (Å²) in [5.74, 6) is 1.28. The lowest BCUT2D eigenvalue weighted by atomic mass is 10.2. The molecule has 1 amide bonds. The van der Waals surface area contributed by atoms with E-state index in [1.807, 2.05) is 30.3 Å². The third-order valence-corrected chi connectivity index (χ3v) is 3.32. The predicted octanol–water partition coefficient (Wildman–Crippen LogP) is 3.11. The van der Waals surface area contributed by atoms with Crippen LogP contribution in [0, 0.1) is 17.2 Å². The van der Waals surface area contributed by atoms with Crippen LogP contribution in [-0.2, 0) is 11.3 Å². The number of anilines is 2. The van der Waals surface area contributed by atoms with Gasteiger partial charge in [0.1, 0.15) is 11.8 Å². The van der Waals surface area contributed by atoms with Crippen molar-refractivity contribution in [2.75, 3.05) is 10.6 Å². The molecule has 1 aliphatic carbocycles. The number of furan rings is 1. The molecule has 2 aromatic rings. The normalized spacial score (nSPS) is 13.5. The summed E-state index contributed by atoms with van der Waals surface area (Å²) in [7, 11) is 0. The lowest BCUT2D eigenvalue weighted by molar-refractivity contribution is -0.117. The van der Waals surface area contributed by atoms with Crippen molar-refractivity contribution in [2.45, 2.75) is 19.4 Å². The summed E-state index contributed by atoms with van der Waals surface area (Å²) in [5.41, 5.74) is 1.67. The Morgan fingerprint density at radius 1 is 1.29 bits per heavy atom. The van der Waals surface area contributed by atoms with Crippen LogP contribution in [0.4, 0.5) is 11.4 Å². The predicted molar refractivity (Wildman–Crippen MR) is 78.5 cm³/mol. The van der Waals surface area contributed by atoms with Gasteiger partial charge in [-0.1, -0.05) is 6.07 Å². The summed E-state index contributed by atoms with van der Waals surface area (Å²) in [6, 6.07) is 12.9. The molecule has 3 rings (SSSR count). The van der Waals surface area contributed by atoms with Gasteiger partial charge in [0, 0.05) is 17.3 Å². The minimum absolute atomic E-state index is 0.0943. The van der Waals surface area contributed by atoms with E-state index in [0.29, 0.717) is 18.1 Å². The standard InChI is InChI=1S/C16H15N3O2/c17-9-14-6-7-15(21-14)10-18-12-2-1-3-13(8-12)19-16(20)11-4-5-11/h1-3,6-8,11,18H,4-5,10H2,(H,19,20). The summed E-state index contributed by atoms with van der Waals surface area (Å²) < 4.78 is 5.30. The van der Waals surface area contributed by atoms with Crippen molar-refractivity contribution in [3.05, 3.63) is 47.9 Å². The van der Waals surface area contributed by atoms with Gasteiger partial charge in [-0.3, -0.25) is 4.79 Å². The molecule has 0 saturated heterocycles. The number of hydrogen-bond donors (Lipinski definition) is 2. The topological polar surface area (TPSA) is 78.1 Å². The molecule has 2 N–H and O–H groups in total. The molecule has 1 aromatic heterocycles. The quantitative estimate of drug-likeness (QED) is 0.882. The molecule has 106 valence electrons. The highest BCUT2D eigenvalue weighted by atomic mass is 16.3. The fourth-order valence-electron chi connectivity index (χ4n) is 2.02. The number of carbonyl (C=O) groups excluding carboxylic acids is 1. The molecule has 5 nitrogen and oxygen atoms in total. The Morgan fingerprint density at radius 3 is 2.81 bits per heavy atom. The maximum Gasteiger partial charge on any atom is 0.227 e. The fourth-order valence-corrected chi connectivity index (χ4v) is 2.02. The van der Waals surface area contributed by atoms with Crippen molar-refractivity contribution >= 4 is 17.3 Å². The summed E-state index contributed by atoms with van der Waals surface area (Å²) >= 11 is 0. The molecule has 21 heavy (non-hydrogen) atoms. The monoisotopic (exact) mass is 281 g/mol. The molecule has 0 radical (unpaired) electrons. The minimum atomic E-state index is 0.0943. The molecule has 1 saturated carbocycles. The molecular formula is C16H15N3O2. The first-order chi connectivity index (χ1) is 10.2. The van der Waals surface area contributed by atoms with Crippen LogP contribution >= 0.6 is 0 Å². The molecule has 0 spiro atoms. The number of nitriles is 1. The molecule has 0 bridgehead atoms. The molecule has 1 fully saturated rings. The summed E-state index contributed by atoms with van der Waals surface area (Å²) in [4.78, 5) is 11.7. The maximum absolute atomic E-state index is 11.7. The van der Waals surface area contributed by atoms with Gasteiger partial charge in [-0.2, -0.15) is 5.26 Å². The Balaban J connectivity index is 1.60. The summed E-state index contributed by atoms with van der Waals surface area (Å²) in [6.07, 6.45) is 1.98. The second-order valence-corrected chi connectivity index (χ2v) is 5.08. The van der Waals surface area contributed by atoms with Gasteiger partial charge < -0.3 is 15.1 Å². The van der Waals surface area contributed by atoms with Crippen LogP contribution in [0.15, 0.2) is 40.8 Å². The van der Waals surface area contributed by atoms with Crippen molar-refractivity contribution in [2.24, 2.45) is 5.92 Å². The van der Waals surface area contributed by atoms with Crippen LogP contribution in [0.25, 0.3) is 0 Å². The van der Waals surface area contributed by atoms with E-state index in [-0.39, 0.29) is 11.8 Å². The van der Waals surface area contributed by atoms with Crippen molar-refractivity contribution in [3.63, 3.8) is 0 Å². The van der Waals surface area contributed by atoms with Crippen LogP contribution in [0.3, 0.4) is 0 Å². The van der Waals surface area contributed by atoms with E-state index in [1.54, 1.807) is 12.1 Å². The number of nitrogens with zero attached hydrogens (tertiary/aromatic N) is 1. The van der Waals surface area contributed by atoms with Gasteiger partial charge in [-0.25, -0.2) is 0 Å². The van der Waals surface area contributed by atoms with Gasteiger partial charge in [-0.15, -0.1) is 0 Å². The van der Waals surface area contributed by atoms with Gasteiger partial charge in [-0.05, 0) is 43.2 Å². The molecule has 5 heteroatoms. The lowest BCUT2D eigenvalue weighted by Gasteiger charge is -2.08. The van der Waals surface area contributed by atoms with Gasteiger partial charge in [0.05, 0.1) is 6.54 Å². The van der Waals surface area contributed by atoms with Gasteiger partial charge in [0.2, 0.25) is 11.7 Å². The number of carbonyl (C=O) groups is 1. The lowest BCUT2D eigenvalue weighted by Crippen LogP contribution is -2.13. The van der Waals surface area contributed by atoms with E-state index < -0.39 is 0 Å². The van der Waals surface area contributed by atoms with Crippen molar-refractivity contribution in [1.29, 1.82) is 5.26 Å². The average Bonchev–Trinajstić information content (AvgIpc) is 3.25. The molecule has 0 atom stereocenters. The number of rotatable bonds is 5. The summed E-state index contributed by atoms with van der Waals surface area (Å²) in [6.45, 7) is 0.488. The zero-order valence-electron chi connectivity index (χ0n) is 11.4. The third kappa shape index (κ3) is 3.42. The first-order valence-corrected chi connectivity index (χ1v) is 6.88.